The molecule has 0 heterocycles. The van der Waals surface area contributed by atoms with Crippen LogP contribution in [-0.4, -0.2) is 24.9 Å². The molecule has 0 spiro atoms. The predicted molar refractivity (Wildman–Crippen MR) is 89.1 cm³/mol. The second-order valence-electron chi connectivity index (χ2n) is 6.12. The van der Waals surface area contributed by atoms with Crippen LogP contribution in [0.4, 0.5) is 0 Å². The van der Waals surface area contributed by atoms with Gasteiger partial charge in [0.05, 0.1) is 6.61 Å². The van der Waals surface area contributed by atoms with Gasteiger partial charge < -0.3 is 15.6 Å². The van der Waals surface area contributed by atoms with Gasteiger partial charge in [-0.15, -0.1) is 0 Å². The molecule has 2 unspecified atom stereocenters. The van der Waals surface area contributed by atoms with Gasteiger partial charge in [-0.2, -0.15) is 0 Å². The molecule has 0 aliphatic rings. The third kappa shape index (κ3) is 4.45. The number of ether oxygens (including phenoxy) is 1. The first kappa shape index (κ1) is 18.0. The molecule has 0 radical (unpaired) electrons. The van der Waals surface area contributed by atoms with Gasteiger partial charge in [-0.05, 0) is 80.3 Å². The van der Waals surface area contributed by atoms with Gasteiger partial charge in [0, 0.05) is 6.61 Å². The first-order valence-corrected chi connectivity index (χ1v) is 8.00. The summed E-state index contributed by atoms with van der Waals surface area (Å²) in [5, 5.41) is 9.36. The van der Waals surface area contributed by atoms with Crippen LogP contribution in [0.15, 0.2) is 6.07 Å². The fraction of sp³-hybridized carbons (Fsp3) is 0.667. The van der Waals surface area contributed by atoms with Crippen molar-refractivity contribution in [2.75, 3.05) is 19.8 Å². The molecule has 1 aromatic carbocycles. The van der Waals surface area contributed by atoms with E-state index in [9.17, 15) is 5.11 Å². The maximum absolute atomic E-state index is 9.36. The summed E-state index contributed by atoms with van der Waals surface area (Å²) in [5.41, 5.74) is 10.9. The summed E-state index contributed by atoms with van der Waals surface area (Å²) in [4.78, 5) is 0. The second-order valence-corrected chi connectivity index (χ2v) is 6.12. The number of aliphatic hydroxyl groups excluding tert-OH is 1. The lowest BCUT2D eigenvalue weighted by atomic mass is 9.84. The third-order valence-electron chi connectivity index (χ3n) is 4.34. The van der Waals surface area contributed by atoms with Gasteiger partial charge in [0.2, 0.25) is 0 Å². The largest absolute Gasteiger partial charge is 0.493 e. The van der Waals surface area contributed by atoms with E-state index >= 15 is 0 Å². The lowest BCUT2D eigenvalue weighted by Gasteiger charge is -2.24. The monoisotopic (exact) mass is 293 g/mol. The van der Waals surface area contributed by atoms with Gasteiger partial charge in [-0.3, -0.25) is 0 Å². The molecule has 1 aromatic rings. The van der Waals surface area contributed by atoms with Crippen molar-refractivity contribution >= 4 is 0 Å². The molecule has 3 N–H and O–H groups in total. The number of benzene rings is 1. The molecule has 0 aliphatic carbocycles. The highest BCUT2D eigenvalue weighted by atomic mass is 16.5. The van der Waals surface area contributed by atoms with E-state index in [1.807, 2.05) is 0 Å². The summed E-state index contributed by atoms with van der Waals surface area (Å²) < 4.78 is 5.85. The van der Waals surface area contributed by atoms with Crippen LogP contribution in [0.1, 0.15) is 54.9 Å². The highest BCUT2D eigenvalue weighted by molar-refractivity contribution is 5.49. The van der Waals surface area contributed by atoms with Crippen LogP contribution in [0.3, 0.4) is 0 Å². The molecule has 0 fully saturated rings. The minimum Gasteiger partial charge on any atom is -0.493 e. The van der Waals surface area contributed by atoms with Gasteiger partial charge in [0.15, 0.2) is 0 Å². The molecule has 3 heteroatoms. The van der Waals surface area contributed by atoms with Crippen LogP contribution < -0.4 is 10.5 Å². The van der Waals surface area contributed by atoms with E-state index in [1.165, 1.54) is 22.3 Å². The van der Waals surface area contributed by atoms with Crippen LogP contribution in [0.25, 0.3) is 0 Å². The maximum Gasteiger partial charge on any atom is 0.122 e. The van der Waals surface area contributed by atoms with Gasteiger partial charge in [-0.1, -0.05) is 13.8 Å². The number of nitrogens with two attached hydrogens (primary N) is 1. The average molecular weight is 293 g/mol. The molecule has 0 saturated heterocycles. The predicted octanol–water partition coefficient (Wildman–Crippen LogP) is 3.46. The van der Waals surface area contributed by atoms with Crippen molar-refractivity contribution in [2.24, 2.45) is 11.7 Å². The van der Waals surface area contributed by atoms with Crippen molar-refractivity contribution in [3.63, 3.8) is 0 Å². The summed E-state index contributed by atoms with van der Waals surface area (Å²) in [6.45, 7) is 12.2. The fourth-order valence-corrected chi connectivity index (χ4v) is 3.05. The molecule has 0 saturated carbocycles. The molecule has 3 nitrogen and oxygen atoms in total. The highest BCUT2D eigenvalue weighted by Crippen LogP contribution is 2.34. The molecule has 0 amide bonds. The van der Waals surface area contributed by atoms with E-state index in [0.717, 1.165) is 25.2 Å². The molecule has 2 atom stereocenters. The summed E-state index contributed by atoms with van der Waals surface area (Å²) in [7, 11) is 0. The maximum atomic E-state index is 9.36. The number of aryl methyl sites for hydroxylation is 1. The van der Waals surface area contributed by atoms with Crippen molar-refractivity contribution in [2.45, 2.75) is 53.4 Å². The zero-order valence-electron chi connectivity index (χ0n) is 14.2. The number of aliphatic hydroxyl groups is 1. The normalized spacial score (nSPS) is 14.0. The van der Waals surface area contributed by atoms with E-state index in [4.69, 9.17) is 10.5 Å². The highest BCUT2D eigenvalue weighted by Gasteiger charge is 2.19. The van der Waals surface area contributed by atoms with Crippen molar-refractivity contribution in [1.29, 1.82) is 0 Å². The first-order valence-electron chi connectivity index (χ1n) is 8.00. The Hall–Kier alpha value is -1.06. The van der Waals surface area contributed by atoms with E-state index in [-0.39, 0.29) is 12.5 Å². The average Bonchev–Trinajstić information content (AvgIpc) is 2.47. The SMILES string of the molecule is CCCOc1cc(C)c(C(C)CC(CN)CO)c(C)c1C. The number of hydrogen-bond donors (Lipinski definition) is 2. The first-order chi connectivity index (χ1) is 9.96. The summed E-state index contributed by atoms with van der Waals surface area (Å²) in [6.07, 6.45) is 1.94. The van der Waals surface area contributed by atoms with Gasteiger partial charge in [-0.25, -0.2) is 0 Å². The van der Waals surface area contributed by atoms with E-state index < -0.39 is 0 Å². The fourth-order valence-electron chi connectivity index (χ4n) is 3.05. The van der Waals surface area contributed by atoms with Crippen LogP contribution >= 0.6 is 0 Å². The molecule has 120 valence electrons. The standard InChI is InChI=1S/C18H31NO2/c1-6-7-21-17-9-13(3)18(15(5)14(17)4)12(2)8-16(10-19)11-20/h9,12,16,20H,6-8,10-11,19H2,1-5H3. The Labute approximate surface area is 129 Å². The molecule has 21 heavy (non-hydrogen) atoms. The topological polar surface area (TPSA) is 55.5 Å². The summed E-state index contributed by atoms with van der Waals surface area (Å²) in [6, 6.07) is 2.15. The minimum atomic E-state index is 0.162. The Morgan fingerprint density at radius 1 is 1.24 bits per heavy atom. The minimum absolute atomic E-state index is 0.162. The lowest BCUT2D eigenvalue weighted by Crippen LogP contribution is -2.20. The van der Waals surface area contributed by atoms with E-state index in [2.05, 4.69) is 40.7 Å². The second kappa shape index (κ2) is 8.40. The number of hydrogen-bond acceptors (Lipinski definition) is 3. The van der Waals surface area contributed by atoms with Crippen molar-refractivity contribution < 1.29 is 9.84 Å². The Bertz CT molecular complexity index is 453. The molecular weight excluding hydrogens is 262 g/mol. The quantitative estimate of drug-likeness (QED) is 0.771. The summed E-state index contributed by atoms with van der Waals surface area (Å²) >= 11 is 0. The van der Waals surface area contributed by atoms with Crippen LogP contribution in [0.2, 0.25) is 0 Å². The molecule has 0 bridgehead atoms. The van der Waals surface area contributed by atoms with Crippen molar-refractivity contribution in [3.05, 3.63) is 28.3 Å². The van der Waals surface area contributed by atoms with Crippen molar-refractivity contribution in [3.8, 4) is 5.75 Å². The number of rotatable bonds is 8. The molecule has 0 aliphatic heterocycles. The molecule has 0 aromatic heterocycles. The Kier molecular flexibility index (Phi) is 7.20. The summed E-state index contributed by atoms with van der Waals surface area (Å²) in [5.74, 6) is 1.57. The zero-order valence-corrected chi connectivity index (χ0v) is 14.2. The van der Waals surface area contributed by atoms with Gasteiger partial charge in [0.1, 0.15) is 5.75 Å². The smallest absolute Gasteiger partial charge is 0.122 e. The van der Waals surface area contributed by atoms with Crippen LogP contribution in [0, 0.1) is 26.7 Å². The molecular formula is C18H31NO2. The van der Waals surface area contributed by atoms with Gasteiger partial charge in [0.25, 0.3) is 0 Å². The van der Waals surface area contributed by atoms with Crippen LogP contribution in [0.5, 0.6) is 5.75 Å². The Morgan fingerprint density at radius 3 is 2.43 bits per heavy atom. The van der Waals surface area contributed by atoms with E-state index in [0.29, 0.717) is 12.5 Å². The Balaban J connectivity index is 3.05. The molecule has 1 rings (SSSR count). The third-order valence-corrected chi connectivity index (χ3v) is 4.34. The lowest BCUT2D eigenvalue weighted by molar-refractivity contribution is 0.217. The zero-order chi connectivity index (χ0) is 16.0. The van der Waals surface area contributed by atoms with Crippen LogP contribution in [-0.2, 0) is 0 Å². The van der Waals surface area contributed by atoms with E-state index in [1.54, 1.807) is 0 Å². The van der Waals surface area contributed by atoms with Crippen molar-refractivity contribution in [1.82, 2.24) is 0 Å². The van der Waals surface area contributed by atoms with Gasteiger partial charge >= 0.3 is 0 Å². The Morgan fingerprint density at radius 2 is 1.90 bits per heavy atom.